The lowest BCUT2D eigenvalue weighted by molar-refractivity contribution is -0.0429. The second kappa shape index (κ2) is 8.57. The van der Waals surface area contributed by atoms with E-state index in [1.165, 1.54) is 16.9 Å². The predicted octanol–water partition coefficient (Wildman–Crippen LogP) is 4.70. The number of anilines is 1. The Morgan fingerprint density at radius 3 is 2.52 bits per heavy atom. The zero-order valence-corrected chi connectivity index (χ0v) is 15.4. The molecule has 1 aromatic rings. The average molecular weight is 399 g/mol. The van der Waals surface area contributed by atoms with Crippen LogP contribution in [0.5, 0.6) is 0 Å². The van der Waals surface area contributed by atoms with Crippen molar-refractivity contribution in [2.45, 2.75) is 32.7 Å². The summed E-state index contributed by atoms with van der Waals surface area (Å²) in [6.45, 7) is 5.62. The standard InChI is InChI=1S/C15H18ClF3N2O3S/c1-4-13(20-24-8-7-10(2)3)12-9-11(16)5-6-14(12)21-25(22,23)15(17,18)19/h5-7,9,21H,4,8H2,1-3H3/b20-13+. The van der Waals surface area contributed by atoms with E-state index in [9.17, 15) is 21.6 Å². The molecule has 1 N–H and O–H groups in total. The van der Waals surface area contributed by atoms with E-state index in [1.54, 1.807) is 13.0 Å². The summed E-state index contributed by atoms with van der Waals surface area (Å²) < 4.78 is 62.0. The van der Waals surface area contributed by atoms with Crippen molar-refractivity contribution in [1.29, 1.82) is 0 Å². The van der Waals surface area contributed by atoms with Crippen LogP contribution in [0.4, 0.5) is 18.9 Å². The van der Waals surface area contributed by atoms with E-state index in [0.29, 0.717) is 0 Å². The van der Waals surface area contributed by atoms with Gasteiger partial charge in [0.25, 0.3) is 0 Å². The van der Waals surface area contributed by atoms with Crippen molar-refractivity contribution in [3.05, 3.63) is 40.4 Å². The van der Waals surface area contributed by atoms with E-state index < -0.39 is 15.5 Å². The number of rotatable bonds is 7. The Hall–Kier alpha value is -1.74. The maximum Gasteiger partial charge on any atom is 0.516 e. The molecule has 0 aliphatic heterocycles. The second-order valence-corrected chi connectivity index (χ2v) is 7.32. The van der Waals surface area contributed by atoms with Crippen LogP contribution in [0.25, 0.3) is 0 Å². The molecule has 0 saturated carbocycles. The van der Waals surface area contributed by atoms with Crippen LogP contribution >= 0.6 is 11.6 Å². The lowest BCUT2D eigenvalue weighted by Crippen LogP contribution is -2.30. The normalized spacial score (nSPS) is 12.7. The summed E-state index contributed by atoms with van der Waals surface area (Å²) in [5, 5.41) is 4.09. The van der Waals surface area contributed by atoms with Crippen LogP contribution in [0, 0.1) is 0 Å². The number of nitrogens with one attached hydrogen (secondary N) is 1. The van der Waals surface area contributed by atoms with Gasteiger partial charge >= 0.3 is 15.5 Å². The Balaban J connectivity index is 3.23. The number of alkyl halides is 3. The first-order chi connectivity index (χ1) is 11.5. The minimum absolute atomic E-state index is 0.111. The zero-order chi connectivity index (χ0) is 19.3. The molecule has 0 amide bonds. The molecule has 0 aromatic heterocycles. The van der Waals surface area contributed by atoms with Gasteiger partial charge in [0, 0.05) is 10.6 Å². The average Bonchev–Trinajstić information content (AvgIpc) is 2.48. The van der Waals surface area contributed by atoms with Crippen molar-refractivity contribution in [2.24, 2.45) is 5.16 Å². The van der Waals surface area contributed by atoms with Crippen LogP contribution in [0.2, 0.25) is 5.02 Å². The Morgan fingerprint density at radius 2 is 2.00 bits per heavy atom. The van der Waals surface area contributed by atoms with E-state index in [1.807, 2.05) is 13.8 Å². The largest absolute Gasteiger partial charge is 0.516 e. The summed E-state index contributed by atoms with van der Waals surface area (Å²) in [5.74, 6) is 0. The topological polar surface area (TPSA) is 67.8 Å². The highest BCUT2D eigenvalue weighted by Gasteiger charge is 2.46. The van der Waals surface area contributed by atoms with Crippen LogP contribution in [-0.2, 0) is 14.9 Å². The number of hydrogen-bond donors (Lipinski definition) is 1. The molecule has 1 aromatic carbocycles. The van der Waals surface area contributed by atoms with Crippen LogP contribution < -0.4 is 4.72 Å². The van der Waals surface area contributed by atoms with E-state index in [-0.39, 0.29) is 35.0 Å². The van der Waals surface area contributed by atoms with E-state index in [0.717, 1.165) is 11.6 Å². The summed E-state index contributed by atoms with van der Waals surface area (Å²) in [6, 6.07) is 3.74. The molecule has 0 atom stereocenters. The molecule has 25 heavy (non-hydrogen) atoms. The van der Waals surface area contributed by atoms with Gasteiger partial charge in [0.1, 0.15) is 6.61 Å². The van der Waals surface area contributed by atoms with Crippen molar-refractivity contribution >= 4 is 33.0 Å². The highest BCUT2D eigenvalue weighted by atomic mass is 35.5. The van der Waals surface area contributed by atoms with Gasteiger partial charge in [0.05, 0.1) is 11.4 Å². The first-order valence-corrected chi connectivity index (χ1v) is 9.05. The molecule has 0 aliphatic carbocycles. The third kappa shape index (κ3) is 6.24. The molecule has 0 saturated heterocycles. The lowest BCUT2D eigenvalue weighted by atomic mass is 10.1. The van der Waals surface area contributed by atoms with Gasteiger partial charge in [-0.05, 0) is 44.5 Å². The molecule has 0 aliphatic rings. The fourth-order valence-electron chi connectivity index (χ4n) is 1.67. The third-order valence-electron chi connectivity index (χ3n) is 2.92. The Morgan fingerprint density at radius 1 is 1.36 bits per heavy atom. The number of nitrogens with zero attached hydrogens (tertiary/aromatic N) is 1. The Bertz CT molecular complexity index is 771. The molecule has 5 nitrogen and oxygen atoms in total. The molecule has 0 unspecified atom stereocenters. The van der Waals surface area contributed by atoms with Gasteiger partial charge in [-0.15, -0.1) is 0 Å². The quantitative estimate of drug-likeness (QED) is 0.313. The first kappa shape index (κ1) is 21.3. The summed E-state index contributed by atoms with van der Waals surface area (Å²) in [4.78, 5) is 5.11. The predicted molar refractivity (Wildman–Crippen MR) is 92.3 cm³/mol. The minimum atomic E-state index is -5.56. The summed E-state index contributed by atoms with van der Waals surface area (Å²) in [5.41, 5.74) is -4.35. The number of halogens is 4. The van der Waals surface area contributed by atoms with Gasteiger partial charge in [0.15, 0.2) is 0 Å². The fourth-order valence-corrected chi connectivity index (χ4v) is 2.43. The second-order valence-electron chi connectivity index (χ2n) is 5.21. The number of allylic oxidation sites excluding steroid dienone is 1. The van der Waals surface area contributed by atoms with Gasteiger partial charge in [-0.25, -0.2) is 0 Å². The fraction of sp³-hybridized carbons (Fsp3) is 0.400. The molecule has 0 bridgehead atoms. The molecule has 0 fully saturated rings. The minimum Gasteiger partial charge on any atom is -0.391 e. The monoisotopic (exact) mass is 398 g/mol. The maximum absolute atomic E-state index is 12.6. The van der Waals surface area contributed by atoms with Crippen molar-refractivity contribution in [1.82, 2.24) is 0 Å². The van der Waals surface area contributed by atoms with Crippen molar-refractivity contribution in [3.63, 3.8) is 0 Å². The van der Waals surface area contributed by atoms with Crippen LogP contribution in [0.15, 0.2) is 35.0 Å². The van der Waals surface area contributed by atoms with Gasteiger partial charge in [-0.1, -0.05) is 29.3 Å². The van der Waals surface area contributed by atoms with Gasteiger partial charge < -0.3 is 4.84 Å². The molecule has 140 valence electrons. The van der Waals surface area contributed by atoms with Gasteiger partial charge in [-0.2, -0.15) is 21.6 Å². The number of sulfonamides is 1. The van der Waals surface area contributed by atoms with Crippen LogP contribution in [0.1, 0.15) is 32.8 Å². The van der Waals surface area contributed by atoms with Gasteiger partial charge in [-0.3, -0.25) is 4.72 Å². The maximum atomic E-state index is 12.6. The SMILES string of the molecule is CC/C(=N\OCC=C(C)C)c1cc(Cl)ccc1NS(=O)(=O)C(F)(F)F. The molecule has 1 rings (SSSR count). The van der Waals surface area contributed by atoms with Crippen molar-refractivity contribution in [2.75, 3.05) is 11.3 Å². The number of hydrogen-bond acceptors (Lipinski definition) is 4. The molecular formula is C15H18ClF3N2O3S. The number of benzene rings is 1. The van der Waals surface area contributed by atoms with E-state index in [4.69, 9.17) is 16.4 Å². The summed E-state index contributed by atoms with van der Waals surface area (Å²) in [6.07, 6.45) is 2.05. The molecule has 0 spiro atoms. The number of oxime groups is 1. The summed E-state index contributed by atoms with van der Waals surface area (Å²) >= 11 is 5.88. The van der Waals surface area contributed by atoms with Gasteiger partial charge in [0.2, 0.25) is 0 Å². The third-order valence-corrected chi connectivity index (χ3v) is 4.25. The lowest BCUT2D eigenvalue weighted by Gasteiger charge is -2.15. The van der Waals surface area contributed by atoms with E-state index in [2.05, 4.69) is 5.16 Å². The van der Waals surface area contributed by atoms with Crippen LogP contribution in [0.3, 0.4) is 0 Å². The summed E-state index contributed by atoms with van der Waals surface area (Å²) in [7, 11) is -5.56. The Kier molecular flexibility index (Phi) is 7.30. The first-order valence-electron chi connectivity index (χ1n) is 7.19. The highest BCUT2D eigenvalue weighted by molar-refractivity contribution is 7.93. The molecule has 0 heterocycles. The Labute approximate surface area is 149 Å². The van der Waals surface area contributed by atoms with E-state index >= 15 is 0 Å². The van der Waals surface area contributed by atoms with Crippen molar-refractivity contribution < 1.29 is 26.4 Å². The highest BCUT2D eigenvalue weighted by Crippen LogP contribution is 2.29. The van der Waals surface area contributed by atoms with Crippen molar-refractivity contribution in [3.8, 4) is 0 Å². The molecular weight excluding hydrogens is 381 g/mol. The molecule has 0 radical (unpaired) electrons. The smallest absolute Gasteiger partial charge is 0.391 e. The van der Waals surface area contributed by atoms with Crippen LogP contribution in [-0.4, -0.2) is 26.2 Å². The zero-order valence-electron chi connectivity index (χ0n) is 13.8. The molecule has 10 heteroatoms.